The number of nitrogens with one attached hydrogen (secondary N) is 3. The van der Waals surface area contributed by atoms with Crippen LogP contribution in [0.5, 0.6) is 0 Å². The summed E-state index contributed by atoms with van der Waals surface area (Å²) in [6, 6.07) is 21.3. The molecule has 3 N–H and O–H groups in total. The molecule has 1 saturated heterocycles. The Bertz CT molecular complexity index is 2120. The van der Waals surface area contributed by atoms with Crippen LogP contribution < -0.4 is 15.5 Å². The largest absolute Gasteiger partial charge is 0.443 e. The first kappa shape index (κ1) is 37.6. The Morgan fingerprint density at radius 1 is 0.909 bits per heavy atom. The molecule has 2 aliphatic heterocycles. The van der Waals surface area contributed by atoms with Gasteiger partial charge in [-0.05, 0) is 69.7 Å². The van der Waals surface area contributed by atoms with Crippen molar-refractivity contribution in [2.24, 2.45) is 11.1 Å². The summed E-state index contributed by atoms with van der Waals surface area (Å²) in [5.74, 6) is -2.04. The smallest absolute Gasteiger partial charge is 0.426 e. The van der Waals surface area contributed by atoms with Crippen molar-refractivity contribution in [3.05, 3.63) is 102 Å². The van der Waals surface area contributed by atoms with Crippen molar-refractivity contribution in [2.45, 2.75) is 81.1 Å². The van der Waals surface area contributed by atoms with Crippen LogP contribution in [0, 0.1) is 5.92 Å². The first-order valence-corrected chi connectivity index (χ1v) is 19.9. The zero-order chi connectivity index (χ0) is 39.0. The van der Waals surface area contributed by atoms with Gasteiger partial charge in [0.25, 0.3) is 15.9 Å². The molecule has 0 spiro atoms. The predicted molar refractivity (Wildman–Crippen MR) is 203 cm³/mol. The molecule has 7 rings (SSSR count). The molecule has 3 aromatic carbocycles. The minimum atomic E-state index is -4.26. The van der Waals surface area contributed by atoms with Gasteiger partial charge in [-0.15, -0.1) is 0 Å². The fourth-order valence-electron chi connectivity index (χ4n) is 7.27. The lowest BCUT2D eigenvalue weighted by atomic mass is 10.1. The van der Waals surface area contributed by atoms with Crippen molar-refractivity contribution < 1.29 is 37.2 Å². The number of amides is 5. The van der Waals surface area contributed by atoms with E-state index in [1.807, 2.05) is 60.7 Å². The van der Waals surface area contributed by atoms with E-state index in [1.165, 1.54) is 17.0 Å². The summed E-state index contributed by atoms with van der Waals surface area (Å²) in [5.41, 5.74) is 4.54. The third kappa shape index (κ3) is 7.93. The second-order valence-electron chi connectivity index (χ2n) is 15.2. The van der Waals surface area contributed by atoms with E-state index in [-0.39, 0.29) is 30.8 Å². The molecule has 288 valence electrons. The van der Waals surface area contributed by atoms with Crippen LogP contribution in [0.3, 0.4) is 0 Å². The van der Waals surface area contributed by atoms with Crippen molar-refractivity contribution in [3.63, 3.8) is 0 Å². The SMILES string of the molecule is CC(C)(C)OC(=O)NN1CCCC/C=C\[C@@H]2C[C@]2(C(=O)NS(=O)(=O)c2ccccc2)NC(=O)[C@@H]2C[C@@H](ON=C3c4ccccc4-c4ccccc43)CN2C1=O. The van der Waals surface area contributed by atoms with E-state index >= 15 is 0 Å². The molecular weight excluding hydrogens is 725 g/mol. The summed E-state index contributed by atoms with van der Waals surface area (Å²) in [7, 11) is -4.26. The Labute approximate surface area is 319 Å². The average molecular weight is 769 g/mol. The number of hydrazine groups is 1. The molecule has 14 nitrogen and oxygen atoms in total. The van der Waals surface area contributed by atoms with E-state index in [2.05, 4.69) is 20.6 Å². The number of nitrogens with zero attached hydrogens (tertiary/aromatic N) is 3. The molecule has 4 atom stereocenters. The summed E-state index contributed by atoms with van der Waals surface area (Å²) in [5, 5.41) is 8.55. The molecule has 2 fully saturated rings. The van der Waals surface area contributed by atoms with Gasteiger partial charge in [0.15, 0.2) is 0 Å². The highest BCUT2D eigenvalue weighted by Gasteiger charge is 2.61. The van der Waals surface area contributed by atoms with Gasteiger partial charge in [0, 0.05) is 30.0 Å². The van der Waals surface area contributed by atoms with E-state index in [4.69, 9.17) is 9.57 Å². The van der Waals surface area contributed by atoms with Gasteiger partial charge in [-0.1, -0.05) is 84.0 Å². The van der Waals surface area contributed by atoms with Gasteiger partial charge in [0.2, 0.25) is 5.91 Å². The van der Waals surface area contributed by atoms with Crippen LogP contribution in [0.25, 0.3) is 11.1 Å². The van der Waals surface area contributed by atoms with Gasteiger partial charge in [-0.25, -0.2) is 33.2 Å². The maximum atomic E-state index is 14.4. The molecule has 0 bridgehead atoms. The molecule has 0 radical (unpaired) electrons. The fourth-order valence-corrected chi connectivity index (χ4v) is 8.33. The number of hydrogen-bond donors (Lipinski definition) is 3. The Morgan fingerprint density at radius 3 is 2.20 bits per heavy atom. The molecule has 1 saturated carbocycles. The fraction of sp³-hybridized carbons (Fsp3) is 0.375. The zero-order valence-corrected chi connectivity index (χ0v) is 31.7. The first-order valence-electron chi connectivity index (χ1n) is 18.4. The number of hydrogen-bond acceptors (Lipinski definition) is 9. The number of rotatable bonds is 6. The summed E-state index contributed by atoms with van der Waals surface area (Å²) in [4.78, 5) is 62.9. The first-order chi connectivity index (χ1) is 26.3. The molecule has 5 amide bonds. The highest BCUT2D eigenvalue weighted by molar-refractivity contribution is 7.90. The Morgan fingerprint density at radius 2 is 1.55 bits per heavy atom. The van der Waals surface area contributed by atoms with E-state index in [0.29, 0.717) is 25.0 Å². The lowest BCUT2D eigenvalue weighted by molar-refractivity contribution is -0.131. The number of benzene rings is 3. The monoisotopic (exact) mass is 768 g/mol. The highest BCUT2D eigenvalue weighted by atomic mass is 32.2. The van der Waals surface area contributed by atoms with Gasteiger partial charge in [0.05, 0.1) is 11.4 Å². The van der Waals surface area contributed by atoms with Gasteiger partial charge in [-0.3, -0.25) is 9.59 Å². The summed E-state index contributed by atoms with van der Waals surface area (Å²) in [6.07, 6.45) is 3.95. The minimum absolute atomic E-state index is 0.00154. The third-order valence-corrected chi connectivity index (χ3v) is 11.4. The van der Waals surface area contributed by atoms with Gasteiger partial charge in [0.1, 0.15) is 29.0 Å². The zero-order valence-electron chi connectivity index (χ0n) is 30.9. The van der Waals surface area contributed by atoms with Crippen molar-refractivity contribution in [3.8, 4) is 11.1 Å². The Balaban J connectivity index is 1.19. The maximum Gasteiger partial charge on any atom is 0.426 e. The summed E-state index contributed by atoms with van der Waals surface area (Å²) in [6.45, 7) is 5.17. The average Bonchev–Trinajstić information content (AvgIpc) is 3.51. The second kappa shape index (κ2) is 14.9. The van der Waals surface area contributed by atoms with Crippen molar-refractivity contribution in [1.29, 1.82) is 0 Å². The number of fused-ring (bicyclic) bond motifs is 5. The van der Waals surface area contributed by atoms with Crippen LogP contribution in [0.1, 0.15) is 64.0 Å². The van der Waals surface area contributed by atoms with Crippen molar-refractivity contribution in [1.82, 2.24) is 25.4 Å². The number of urea groups is 1. The van der Waals surface area contributed by atoms with E-state index in [0.717, 1.165) is 27.3 Å². The standard InChI is InChI=1S/C40H44N6O8S/c1-39(2,3)53-37(49)42-46-22-14-5-4-7-15-26-24-40(26,36(48)44-55(51,52)28-16-8-6-9-17-28)41-35(47)33-23-27(25-45(33)38(46)50)54-43-34-31-20-12-10-18-29(31)30-19-11-13-21-32(30)34/h6-13,15-21,26-27,33H,4-5,14,22-25H2,1-3H3,(H,41,47)(H,42,49)(H,44,48)/b15-7-/t26-,27-,33+,40+/m1/s1. The lowest BCUT2D eigenvalue weighted by Gasteiger charge is -2.32. The molecule has 55 heavy (non-hydrogen) atoms. The Kier molecular flexibility index (Phi) is 10.2. The molecule has 0 aromatic heterocycles. The molecule has 2 aliphatic carbocycles. The quantitative estimate of drug-likeness (QED) is 0.184. The molecular formula is C40H44N6O8S. The van der Waals surface area contributed by atoms with Crippen LogP contribution in [-0.4, -0.2) is 84.4 Å². The number of allylic oxidation sites excluding steroid dienone is 1. The van der Waals surface area contributed by atoms with Gasteiger partial charge >= 0.3 is 12.1 Å². The normalized spacial score (nSPS) is 24.2. The minimum Gasteiger partial charge on any atom is -0.443 e. The van der Waals surface area contributed by atoms with Gasteiger partial charge in [-0.2, -0.15) is 0 Å². The van der Waals surface area contributed by atoms with Crippen LogP contribution in [-0.2, 0) is 29.2 Å². The predicted octanol–water partition coefficient (Wildman–Crippen LogP) is 4.86. The van der Waals surface area contributed by atoms with Crippen LogP contribution in [0.2, 0.25) is 0 Å². The number of sulfonamides is 1. The molecule has 3 aromatic rings. The summed E-state index contributed by atoms with van der Waals surface area (Å²) < 4.78 is 34.0. The number of carbonyl (C=O) groups is 4. The van der Waals surface area contributed by atoms with E-state index < -0.39 is 63.2 Å². The molecule has 15 heteroatoms. The maximum absolute atomic E-state index is 14.4. The van der Waals surface area contributed by atoms with E-state index in [1.54, 1.807) is 39.0 Å². The molecule has 4 aliphatic rings. The van der Waals surface area contributed by atoms with Crippen LogP contribution in [0.15, 0.2) is 101 Å². The second-order valence-corrected chi connectivity index (χ2v) is 16.8. The lowest BCUT2D eigenvalue weighted by Crippen LogP contribution is -2.59. The van der Waals surface area contributed by atoms with E-state index in [9.17, 15) is 27.6 Å². The Hall–Kier alpha value is -5.70. The van der Waals surface area contributed by atoms with Gasteiger partial charge < -0.3 is 19.8 Å². The summed E-state index contributed by atoms with van der Waals surface area (Å²) >= 11 is 0. The van der Waals surface area contributed by atoms with Crippen LogP contribution in [0.4, 0.5) is 9.59 Å². The van der Waals surface area contributed by atoms with Crippen molar-refractivity contribution in [2.75, 3.05) is 13.1 Å². The number of ether oxygens (including phenoxy) is 1. The van der Waals surface area contributed by atoms with Crippen molar-refractivity contribution >= 4 is 39.7 Å². The third-order valence-electron chi connectivity index (χ3n) is 10.0. The molecule has 2 heterocycles. The van der Waals surface area contributed by atoms with Crippen LogP contribution >= 0.6 is 0 Å². The number of carbonyl (C=O) groups excluding carboxylic acids is 4. The highest BCUT2D eigenvalue weighted by Crippen LogP contribution is 2.46. The number of oxime groups is 1. The molecule has 0 unspecified atom stereocenters. The topological polar surface area (TPSA) is 176 Å².